The number of amides is 1. The molecule has 1 atom stereocenters. The summed E-state index contributed by atoms with van der Waals surface area (Å²) in [7, 11) is 0. The third kappa shape index (κ3) is 4.60. The molecule has 5 nitrogen and oxygen atoms in total. The minimum Gasteiger partial charge on any atom is -0.489 e. The molecule has 1 fully saturated rings. The van der Waals surface area contributed by atoms with Crippen LogP contribution in [0.25, 0.3) is 11.1 Å². The molecule has 32 heavy (non-hydrogen) atoms. The number of hydrogen-bond acceptors (Lipinski definition) is 3. The van der Waals surface area contributed by atoms with Gasteiger partial charge in [0.1, 0.15) is 24.2 Å². The first kappa shape index (κ1) is 21.8. The average Bonchev–Trinajstić information content (AvgIpc) is 3.29. The highest BCUT2D eigenvalue weighted by Gasteiger charge is 2.34. The number of carbonyl (C=O) groups is 2. The van der Waals surface area contributed by atoms with Crippen LogP contribution in [-0.4, -0.2) is 34.5 Å². The van der Waals surface area contributed by atoms with Crippen molar-refractivity contribution >= 4 is 23.5 Å². The number of rotatable bonds is 6. The van der Waals surface area contributed by atoms with Crippen molar-refractivity contribution < 1.29 is 23.8 Å². The van der Waals surface area contributed by atoms with Crippen LogP contribution in [0.5, 0.6) is 5.75 Å². The van der Waals surface area contributed by atoms with Crippen LogP contribution in [0.4, 0.5) is 4.39 Å². The molecular formula is C25H21ClFNO4. The second kappa shape index (κ2) is 9.40. The van der Waals surface area contributed by atoms with Crippen molar-refractivity contribution in [3.8, 4) is 16.9 Å². The number of benzene rings is 3. The van der Waals surface area contributed by atoms with Crippen LogP contribution >= 0.6 is 11.6 Å². The van der Waals surface area contributed by atoms with Gasteiger partial charge in [-0.25, -0.2) is 9.18 Å². The molecule has 164 valence electrons. The van der Waals surface area contributed by atoms with Crippen LogP contribution in [0.3, 0.4) is 0 Å². The minimum atomic E-state index is -0.994. The lowest BCUT2D eigenvalue weighted by Gasteiger charge is -2.22. The lowest BCUT2D eigenvalue weighted by molar-refractivity contribution is -0.141. The van der Waals surface area contributed by atoms with Crippen LogP contribution in [0, 0.1) is 5.82 Å². The van der Waals surface area contributed by atoms with E-state index in [9.17, 15) is 19.1 Å². The second-order valence-electron chi connectivity index (χ2n) is 7.59. The van der Waals surface area contributed by atoms with E-state index in [1.54, 1.807) is 36.4 Å². The van der Waals surface area contributed by atoms with Gasteiger partial charge in [-0.15, -0.1) is 0 Å². The number of carboxylic acid groups (broad SMARTS) is 1. The Bertz CT molecular complexity index is 1150. The van der Waals surface area contributed by atoms with Crippen molar-refractivity contribution in [1.82, 2.24) is 4.90 Å². The molecule has 0 aromatic heterocycles. The van der Waals surface area contributed by atoms with Crippen molar-refractivity contribution in [3.05, 3.63) is 88.7 Å². The number of aliphatic carboxylic acids is 1. The van der Waals surface area contributed by atoms with E-state index < -0.39 is 12.0 Å². The topological polar surface area (TPSA) is 66.8 Å². The molecule has 0 spiro atoms. The molecule has 0 radical (unpaired) electrons. The number of carboxylic acids is 1. The minimum absolute atomic E-state index is 0.183. The molecule has 0 saturated carbocycles. The number of hydrogen-bond donors (Lipinski definition) is 1. The Hall–Kier alpha value is -3.38. The van der Waals surface area contributed by atoms with Crippen molar-refractivity contribution in [3.63, 3.8) is 0 Å². The fourth-order valence-electron chi connectivity index (χ4n) is 3.89. The molecule has 0 bridgehead atoms. The van der Waals surface area contributed by atoms with Gasteiger partial charge in [0.15, 0.2) is 0 Å². The van der Waals surface area contributed by atoms with Crippen molar-refractivity contribution in [2.75, 3.05) is 6.54 Å². The highest BCUT2D eigenvalue weighted by atomic mass is 35.5. The summed E-state index contributed by atoms with van der Waals surface area (Å²) in [5.74, 6) is -1.16. The van der Waals surface area contributed by atoms with Gasteiger partial charge < -0.3 is 14.7 Å². The summed E-state index contributed by atoms with van der Waals surface area (Å²) in [5.41, 5.74) is 2.63. The van der Waals surface area contributed by atoms with E-state index in [0.717, 1.165) is 16.7 Å². The maximum atomic E-state index is 13.2. The third-order valence-electron chi connectivity index (χ3n) is 5.53. The quantitative estimate of drug-likeness (QED) is 0.541. The molecule has 1 saturated heterocycles. The van der Waals surface area contributed by atoms with Gasteiger partial charge in [-0.3, -0.25) is 4.79 Å². The predicted octanol–water partition coefficient (Wildman–Crippen LogP) is 5.41. The van der Waals surface area contributed by atoms with Crippen LogP contribution in [-0.2, 0) is 11.4 Å². The molecule has 1 heterocycles. The number of likely N-dealkylation sites (tertiary alicyclic amines) is 1. The van der Waals surface area contributed by atoms with Gasteiger partial charge in [0, 0.05) is 22.7 Å². The van der Waals surface area contributed by atoms with Crippen LogP contribution in [0.1, 0.15) is 28.8 Å². The standard InChI is InChI=1S/C25H21ClFNO4/c26-22-5-2-1-4-20(22)21-14-16(24(29)28-13-3-6-23(28)25(30)31)7-8-17(21)15-32-19-11-9-18(27)10-12-19/h1-2,4-5,7-12,14,23H,3,6,13,15H2,(H,30,31). The zero-order chi connectivity index (χ0) is 22.7. The molecule has 3 aromatic rings. The summed E-state index contributed by atoms with van der Waals surface area (Å²) in [6.45, 7) is 0.592. The molecule has 4 rings (SSSR count). The van der Waals surface area contributed by atoms with E-state index in [1.807, 2.05) is 18.2 Å². The summed E-state index contributed by atoms with van der Waals surface area (Å²) in [6.07, 6.45) is 1.10. The first-order valence-corrected chi connectivity index (χ1v) is 10.6. The summed E-state index contributed by atoms with van der Waals surface area (Å²) >= 11 is 6.43. The average molecular weight is 454 g/mol. The van der Waals surface area contributed by atoms with Crippen molar-refractivity contribution in [2.24, 2.45) is 0 Å². The zero-order valence-corrected chi connectivity index (χ0v) is 17.9. The summed E-state index contributed by atoms with van der Waals surface area (Å²) in [4.78, 5) is 26.0. The van der Waals surface area contributed by atoms with Gasteiger partial charge in [0.25, 0.3) is 5.91 Å². The van der Waals surface area contributed by atoms with E-state index >= 15 is 0 Å². The Morgan fingerprint density at radius 3 is 2.53 bits per heavy atom. The molecule has 1 aliphatic rings. The Morgan fingerprint density at radius 2 is 1.81 bits per heavy atom. The monoisotopic (exact) mass is 453 g/mol. The SMILES string of the molecule is O=C(O)C1CCCN1C(=O)c1ccc(COc2ccc(F)cc2)c(-c2ccccc2Cl)c1. The number of nitrogens with zero attached hydrogens (tertiary/aromatic N) is 1. The van der Waals surface area contributed by atoms with Crippen LogP contribution in [0.15, 0.2) is 66.7 Å². The fraction of sp³-hybridized carbons (Fsp3) is 0.200. The largest absolute Gasteiger partial charge is 0.489 e. The number of halogens is 2. The Labute approximate surface area is 190 Å². The number of ether oxygens (including phenoxy) is 1. The Kier molecular flexibility index (Phi) is 6.42. The second-order valence-corrected chi connectivity index (χ2v) is 8.00. The van der Waals surface area contributed by atoms with Crippen molar-refractivity contribution in [2.45, 2.75) is 25.5 Å². The Balaban J connectivity index is 1.68. The molecule has 1 N–H and O–H groups in total. The molecule has 7 heteroatoms. The van der Waals surface area contributed by atoms with Crippen LogP contribution in [0.2, 0.25) is 5.02 Å². The van der Waals surface area contributed by atoms with Crippen LogP contribution < -0.4 is 4.74 Å². The molecule has 3 aromatic carbocycles. The molecule has 1 aliphatic heterocycles. The van der Waals surface area contributed by atoms with Gasteiger partial charge in [-0.1, -0.05) is 35.9 Å². The molecule has 0 aliphatic carbocycles. The predicted molar refractivity (Wildman–Crippen MR) is 119 cm³/mol. The van der Waals surface area contributed by atoms with Gasteiger partial charge in [0.05, 0.1) is 0 Å². The highest BCUT2D eigenvalue weighted by Crippen LogP contribution is 2.33. The third-order valence-corrected chi connectivity index (χ3v) is 5.86. The molecule has 1 amide bonds. The van der Waals surface area contributed by atoms with Gasteiger partial charge in [0.2, 0.25) is 0 Å². The van der Waals surface area contributed by atoms with E-state index in [0.29, 0.717) is 35.7 Å². The zero-order valence-electron chi connectivity index (χ0n) is 17.1. The van der Waals surface area contributed by atoms with E-state index in [4.69, 9.17) is 16.3 Å². The lowest BCUT2D eigenvalue weighted by Crippen LogP contribution is -2.40. The summed E-state index contributed by atoms with van der Waals surface area (Å²) in [6, 6.07) is 17.4. The summed E-state index contributed by atoms with van der Waals surface area (Å²) < 4.78 is 19.0. The fourth-order valence-corrected chi connectivity index (χ4v) is 4.13. The normalized spacial score (nSPS) is 15.6. The maximum absolute atomic E-state index is 13.2. The lowest BCUT2D eigenvalue weighted by atomic mass is 9.97. The first-order valence-electron chi connectivity index (χ1n) is 10.2. The van der Waals surface area contributed by atoms with Crippen molar-refractivity contribution in [1.29, 1.82) is 0 Å². The van der Waals surface area contributed by atoms with Gasteiger partial charge in [-0.2, -0.15) is 0 Å². The molecular weight excluding hydrogens is 433 g/mol. The molecule has 1 unspecified atom stereocenters. The van der Waals surface area contributed by atoms with Gasteiger partial charge in [-0.05, 0) is 66.4 Å². The van der Waals surface area contributed by atoms with E-state index in [2.05, 4.69) is 0 Å². The van der Waals surface area contributed by atoms with E-state index in [-0.39, 0.29) is 18.3 Å². The van der Waals surface area contributed by atoms with Gasteiger partial charge >= 0.3 is 5.97 Å². The van der Waals surface area contributed by atoms with E-state index in [1.165, 1.54) is 17.0 Å². The smallest absolute Gasteiger partial charge is 0.326 e. The summed E-state index contributed by atoms with van der Waals surface area (Å²) in [5, 5.41) is 9.95. The Morgan fingerprint density at radius 1 is 1.06 bits per heavy atom. The number of carbonyl (C=O) groups excluding carboxylic acids is 1. The highest BCUT2D eigenvalue weighted by molar-refractivity contribution is 6.33. The maximum Gasteiger partial charge on any atom is 0.326 e. The first-order chi connectivity index (χ1) is 15.4.